The van der Waals surface area contributed by atoms with E-state index in [2.05, 4.69) is 23.7 Å². The summed E-state index contributed by atoms with van der Waals surface area (Å²) in [5, 5.41) is 3.52. The van der Waals surface area contributed by atoms with Crippen molar-refractivity contribution < 1.29 is 4.79 Å². The number of hydrogen-bond acceptors (Lipinski definition) is 1. The lowest BCUT2D eigenvalue weighted by atomic mass is 9.90. The molecule has 1 amide bonds. The van der Waals surface area contributed by atoms with Gasteiger partial charge in [-0.25, -0.2) is 0 Å². The number of halogens is 1. The summed E-state index contributed by atoms with van der Waals surface area (Å²) < 4.78 is 2.12. The van der Waals surface area contributed by atoms with Gasteiger partial charge < -0.3 is 9.88 Å². The summed E-state index contributed by atoms with van der Waals surface area (Å²) in [5.74, 6) is -0.0246. The van der Waals surface area contributed by atoms with Crippen molar-refractivity contribution in [2.75, 3.05) is 6.54 Å². The second-order valence-electron chi connectivity index (χ2n) is 5.51. The second-order valence-corrected chi connectivity index (χ2v) is 5.89. The number of aromatic nitrogens is 1. The molecule has 2 aliphatic rings. The predicted octanol–water partition coefficient (Wildman–Crippen LogP) is 2.01. The SMILES string of the molecule is CC1(C)Cc2c(Cl)c3n(c2C1)CCNC3=O. The van der Waals surface area contributed by atoms with Gasteiger partial charge in [-0.2, -0.15) is 0 Å². The zero-order valence-electron chi connectivity index (χ0n) is 9.56. The summed E-state index contributed by atoms with van der Waals surface area (Å²) >= 11 is 6.33. The summed E-state index contributed by atoms with van der Waals surface area (Å²) in [6.07, 6.45) is 2.00. The van der Waals surface area contributed by atoms with Crippen LogP contribution >= 0.6 is 11.6 Å². The fourth-order valence-electron chi connectivity index (χ4n) is 2.90. The first-order valence-corrected chi connectivity index (χ1v) is 6.05. The van der Waals surface area contributed by atoms with E-state index < -0.39 is 0 Å². The van der Waals surface area contributed by atoms with E-state index in [-0.39, 0.29) is 11.3 Å². The molecule has 0 saturated heterocycles. The Morgan fingerprint density at radius 1 is 1.38 bits per heavy atom. The van der Waals surface area contributed by atoms with Crippen LogP contribution in [-0.2, 0) is 19.4 Å². The molecule has 3 nitrogen and oxygen atoms in total. The Morgan fingerprint density at radius 3 is 2.88 bits per heavy atom. The van der Waals surface area contributed by atoms with Crippen molar-refractivity contribution in [3.63, 3.8) is 0 Å². The molecule has 0 fully saturated rings. The summed E-state index contributed by atoms with van der Waals surface area (Å²) in [6.45, 7) is 6.06. The molecule has 1 aromatic rings. The number of hydrogen-bond donors (Lipinski definition) is 1. The third-order valence-electron chi connectivity index (χ3n) is 3.55. The highest BCUT2D eigenvalue weighted by molar-refractivity contribution is 6.34. The Kier molecular flexibility index (Phi) is 1.94. The molecular formula is C12H15ClN2O. The molecule has 0 unspecified atom stereocenters. The first-order chi connectivity index (χ1) is 7.49. The smallest absolute Gasteiger partial charge is 0.269 e. The lowest BCUT2D eigenvalue weighted by Gasteiger charge is -2.21. The summed E-state index contributed by atoms with van der Waals surface area (Å²) in [4.78, 5) is 11.8. The van der Waals surface area contributed by atoms with Crippen LogP contribution in [0.25, 0.3) is 0 Å². The molecule has 4 heteroatoms. The van der Waals surface area contributed by atoms with Crippen LogP contribution < -0.4 is 5.32 Å². The number of amides is 1. The monoisotopic (exact) mass is 238 g/mol. The molecule has 0 spiro atoms. The van der Waals surface area contributed by atoms with Gasteiger partial charge >= 0.3 is 0 Å². The zero-order chi connectivity index (χ0) is 11.5. The minimum absolute atomic E-state index is 0.0246. The van der Waals surface area contributed by atoms with Crippen LogP contribution in [0.4, 0.5) is 0 Å². The third-order valence-corrected chi connectivity index (χ3v) is 3.96. The molecule has 1 aromatic heterocycles. The van der Waals surface area contributed by atoms with Gasteiger partial charge in [0.25, 0.3) is 5.91 Å². The largest absolute Gasteiger partial charge is 0.349 e. The third kappa shape index (κ3) is 1.24. The number of nitrogens with zero attached hydrogens (tertiary/aromatic N) is 1. The standard InChI is InChI=1S/C12H15ClN2O/c1-12(2)5-7-8(6-12)15-4-3-14-11(16)10(15)9(7)13/h3-6H2,1-2H3,(H,14,16). The molecule has 2 heterocycles. The van der Waals surface area contributed by atoms with Gasteiger partial charge in [0.2, 0.25) is 0 Å². The number of carbonyl (C=O) groups is 1. The lowest BCUT2D eigenvalue weighted by Crippen LogP contribution is -2.36. The normalized spacial score (nSPS) is 21.6. The molecule has 0 saturated carbocycles. The molecule has 16 heavy (non-hydrogen) atoms. The first-order valence-electron chi connectivity index (χ1n) is 5.67. The first kappa shape index (κ1) is 10.2. The van der Waals surface area contributed by atoms with E-state index in [1.54, 1.807) is 0 Å². The average Bonchev–Trinajstić information content (AvgIpc) is 2.63. The van der Waals surface area contributed by atoms with Gasteiger partial charge in [-0.15, -0.1) is 0 Å². The Morgan fingerprint density at radius 2 is 2.12 bits per heavy atom. The van der Waals surface area contributed by atoms with Crippen molar-refractivity contribution in [3.05, 3.63) is 22.0 Å². The zero-order valence-corrected chi connectivity index (χ0v) is 10.3. The fraction of sp³-hybridized carbons (Fsp3) is 0.583. The van der Waals surface area contributed by atoms with Crippen LogP contribution in [0, 0.1) is 5.41 Å². The Labute approximate surface area is 99.8 Å². The fourth-order valence-corrected chi connectivity index (χ4v) is 3.26. The minimum atomic E-state index is -0.0246. The summed E-state index contributed by atoms with van der Waals surface area (Å²) in [7, 11) is 0. The highest BCUT2D eigenvalue weighted by Crippen LogP contribution is 2.43. The molecule has 3 rings (SSSR count). The molecule has 0 bridgehead atoms. The summed E-state index contributed by atoms with van der Waals surface area (Å²) in [6, 6.07) is 0. The maximum Gasteiger partial charge on any atom is 0.269 e. The van der Waals surface area contributed by atoms with E-state index in [0.717, 1.165) is 19.4 Å². The van der Waals surface area contributed by atoms with E-state index in [4.69, 9.17) is 11.6 Å². The van der Waals surface area contributed by atoms with Crippen molar-refractivity contribution in [3.8, 4) is 0 Å². The molecule has 1 aliphatic heterocycles. The van der Waals surface area contributed by atoms with E-state index >= 15 is 0 Å². The van der Waals surface area contributed by atoms with Crippen LogP contribution in [0.3, 0.4) is 0 Å². The number of nitrogens with one attached hydrogen (secondary N) is 1. The molecule has 1 N–H and O–H groups in total. The van der Waals surface area contributed by atoms with Gasteiger partial charge in [0.05, 0.1) is 5.02 Å². The van der Waals surface area contributed by atoms with Gasteiger partial charge in [-0.3, -0.25) is 4.79 Å². The number of carbonyl (C=O) groups excluding carboxylic acids is 1. The Hall–Kier alpha value is -0.960. The molecule has 0 atom stereocenters. The van der Waals surface area contributed by atoms with Crippen LogP contribution in [0.1, 0.15) is 35.6 Å². The molecular weight excluding hydrogens is 224 g/mol. The van der Waals surface area contributed by atoms with Crippen LogP contribution in [0.2, 0.25) is 5.02 Å². The molecule has 86 valence electrons. The molecule has 0 aromatic carbocycles. The van der Waals surface area contributed by atoms with E-state index in [0.29, 0.717) is 17.3 Å². The van der Waals surface area contributed by atoms with Gasteiger partial charge in [0.1, 0.15) is 5.69 Å². The van der Waals surface area contributed by atoms with E-state index in [1.807, 2.05) is 0 Å². The lowest BCUT2D eigenvalue weighted by molar-refractivity contribution is 0.0927. The minimum Gasteiger partial charge on any atom is -0.349 e. The highest BCUT2D eigenvalue weighted by Gasteiger charge is 2.37. The van der Waals surface area contributed by atoms with Gasteiger partial charge in [0, 0.05) is 18.8 Å². The predicted molar refractivity (Wildman–Crippen MR) is 63.0 cm³/mol. The van der Waals surface area contributed by atoms with Crippen molar-refractivity contribution in [1.82, 2.24) is 9.88 Å². The highest BCUT2D eigenvalue weighted by atomic mass is 35.5. The molecule has 0 radical (unpaired) electrons. The van der Waals surface area contributed by atoms with Crippen molar-refractivity contribution >= 4 is 17.5 Å². The van der Waals surface area contributed by atoms with E-state index in [1.165, 1.54) is 11.3 Å². The maximum atomic E-state index is 11.8. The Bertz CT molecular complexity index is 488. The van der Waals surface area contributed by atoms with Crippen LogP contribution in [-0.4, -0.2) is 17.0 Å². The number of fused-ring (bicyclic) bond motifs is 3. The van der Waals surface area contributed by atoms with Gasteiger partial charge in [-0.1, -0.05) is 25.4 Å². The second kappa shape index (κ2) is 3.04. The van der Waals surface area contributed by atoms with Crippen LogP contribution in [0.15, 0.2) is 0 Å². The molecule has 1 aliphatic carbocycles. The van der Waals surface area contributed by atoms with Gasteiger partial charge in [0.15, 0.2) is 0 Å². The number of rotatable bonds is 0. The average molecular weight is 239 g/mol. The maximum absolute atomic E-state index is 11.8. The van der Waals surface area contributed by atoms with Crippen molar-refractivity contribution in [1.29, 1.82) is 0 Å². The van der Waals surface area contributed by atoms with Gasteiger partial charge in [-0.05, 0) is 23.8 Å². The summed E-state index contributed by atoms with van der Waals surface area (Å²) in [5.41, 5.74) is 3.43. The Balaban J connectivity index is 2.19. The topological polar surface area (TPSA) is 34.0 Å². The van der Waals surface area contributed by atoms with Crippen molar-refractivity contribution in [2.45, 2.75) is 33.2 Å². The quantitative estimate of drug-likeness (QED) is 0.737. The van der Waals surface area contributed by atoms with E-state index in [9.17, 15) is 4.79 Å². The van der Waals surface area contributed by atoms with Crippen LogP contribution in [0.5, 0.6) is 0 Å². The van der Waals surface area contributed by atoms with Crippen molar-refractivity contribution in [2.24, 2.45) is 5.41 Å².